The van der Waals surface area contributed by atoms with Crippen molar-refractivity contribution in [2.45, 2.75) is 67.0 Å². The van der Waals surface area contributed by atoms with Crippen LogP contribution in [0.3, 0.4) is 0 Å². The van der Waals surface area contributed by atoms with Gasteiger partial charge in [-0.1, -0.05) is 341 Å². The zero-order valence-corrected chi connectivity index (χ0v) is 61.2. The molecule has 19 aromatic rings. The summed E-state index contributed by atoms with van der Waals surface area (Å²) in [4.78, 5) is 0. The lowest BCUT2D eigenvalue weighted by molar-refractivity contribution is 0.590. The van der Waals surface area contributed by atoms with Crippen LogP contribution in [0.25, 0.3) is 187 Å². The largest absolute Gasteiger partial charge is 0.341 e. The maximum atomic E-state index is 2.41. The molecule has 19 rings (SSSR count). The fraction of sp³-hybridized carbons (Fsp3) is 0.0962. The quantitative estimate of drug-likeness (QED) is 0.114. The number of hydrogen-bond donors (Lipinski definition) is 0. The molecule has 2 heteroatoms. The highest BCUT2D eigenvalue weighted by Gasteiger charge is 2.22. The molecule has 0 aliphatic carbocycles. The zero-order chi connectivity index (χ0) is 71.7. The molecule has 0 unspecified atom stereocenters. The number of rotatable bonds is 11. The summed E-state index contributed by atoms with van der Waals surface area (Å²) in [5, 5.41) is 15.5. The lowest BCUT2D eigenvalue weighted by Gasteiger charge is -2.21. The van der Waals surface area contributed by atoms with E-state index in [0.29, 0.717) is 0 Å². The van der Waals surface area contributed by atoms with Gasteiger partial charge in [0.25, 0.3) is 0 Å². The van der Waals surface area contributed by atoms with E-state index < -0.39 is 0 Å². The van der Waals surface area contributed by atoms with Crippen LogP contribution in [0.5, 0.6) is 0 Å². The third-order valence-corrected chi connectivity index (χ3v) is 22.3. The van der Waals surface area contributed by atoms with E-state index in [1.165, 1.54) is 204 Å². The fourth-order valence-electron chi connectivity index (χ4n) is 17.1. The van der Waals surface area contributed by atoms with E-state index in [4.69, 9.17) is 0 Å². The Balaban J connectivity index is 0.000000151. The van der Waals surface area contributed by atoms with Crippen LogP contribution >= 0.6 is 0 Å². The monoisotopic (exact) mass is 1360 g/mol. The molecule has 0 saturated carbocycles. The first kappa shape index (κ1) is 65.4. The lowest BCUT2D eigenvalue weighted by atomic mass is 9.83. The van der Waals surface area contributed by atoms with Gasteiger partial charge in [0.15, 0.2) is 0 Å². The van der Waals surface area contributed by atoms with E-state index in [-0.39, 0.29) is 5.41 Å². The van der Waals surface area contributed by atoms with Crippen LogP contribution < -0.4 is 0 Å². The second-order valence-electron chi connectivity index (χ2n) is 29.8. The number of benzene rings is 17. The Morgan fingerprint density at radius 2 is 0.415 bits per heavy atom. The molecule has 17 aromatic carbocycles. The fourth-order valence-corrected chi connectivity index (χ4v) is 17.1. The maximum Gasteiger partial charge on any atom is 0.0491 e. The highest BCUT2D eigenvalue weighted by molar-refractivity contribution is 6.23. The molecule has 0 atom stereocenters. The second-order valence-corrected chi connectivity index (χ2v) is 29.8. The van der Waals surface area contributed by atoms with Crippen LogP contribution in [0.15, 0.2) is 346 Å². The number of fused-ring (bicyclic) bond motifs is 10. The molecule has 0 bridgehead atoms. The Morgan fingerprint density at radius 3 is 0.689 bits per heavy atom. The van der Waals surface area contributed by atoms with Gasteiger partial charge in [-0.15, -0.1) is 0 Å². The van der Waals surface area contributed by atoms with Crippen LogP contribution in [-0.4, -0.2) is 9.13 Å². The van der Waals surface area contributed by atoms with Crippen LogP contribution in [0.4, 0.5) is 0 Å². The first-order valence-corrected chi connectivity index (χ1v) is 37.5. The molecular weight excluding hydrogens is 1280 g/mol. The summed E-state index contributed by atoms with van der Waals surface area (Å²) in [6.07, 6.45) is 0. The van der Waals surface area contributed by atoms with Gasteiger partial charge >= 0.3 is 0 Å². The minimum absolute atomic E-state index is 0.118. The molecular formula is C104H82N2. The average Bonchev–Trinajstić information content (AvgIpc) is 1.36. The highest BCUT2D eigenvalue weighted by Crippen LogP contribution is 2.48. The summed E-state index contributed by atoms with van der Waals surface area (Å²) in [6, 6.07) is 128. The third-order valence-electron chi connectivity index (χ3n) is 22.3. The van der Waals surface area contributed by atoms with Crippen molar-refractivity contribution in [3.05, 3.63) is 362 Å². The number of hydrogen-bond acceptors (Lipinski definition) is 0. The topological polar surface area (TPSA) is 9.86 Å². The summed E-state index contributed by atoms with van der Waals surface area (Å²) in [5.41, 5.74) is 31.7. The Hall–Kier alpha value is -12.6. The Morgan fingerprint density at radius 1 is 0.198 bits per heavy atom. The van der Waals surface area contributed by atoms with Crippen LogP contribution in [0.2, 0.25) is 0 Å². The molecule has 508 valence electrons. The Labute approximate surface area is 621 Å². The van der Waals surface area contributed by atoms with Gasteiger partial charge in [-0.2, -0.15) is 0 Å². The lowest BCUT2D eigenvalue weighted by Crippen LogP contribution is -2.10. The van der Waals surface area contributed by atoms with E-state index in [9.17, 15) is 0 Å². The minimum atomic E-state index is 0.118. The summed E-state index contributed by atoms with van der Waals surface area (Å²) in [6.45, 7) is 17.5. The van der Waals surface area contributed by atoms with Crippen LogP contribution in [0.1, 0.15) is 51.3 Å². The van der Waals surface area contributed by atoms with Gasteiger partial charge in [-0.3, -0.25) is 0 Å². The Bertz CT molecular complexity index is 6440. The Kier molecular flexibility index (Phi) is 16.6. The normalized spacial score (nSPS) is 11.8. The summed E-state index contributed by atoms with van der Waals surface area (Å²) in [5.74, 6) is 0. The number of nitrogens with zero attached hydrogens (tertiary/aromatic N) is 2. The first-order valence-electron chi connectivity index (χ1n) is 37.5. The number of aryl methyl sites for hydroxylation is 4. The molecule has 0 saturated heterocycles. The van der Waals surface area contributed by atoms with Gasteiger partial charge in [-0.25, -0.2) is 0 Å². The summed E-state index contributed by atoms with van der Waals surface area (Å²) < 4.78 is 4.82. The van der Waals surface area contributed by atoms with Gasteiger partial charge in [0.1, 0.15) is 0 Å². The van der Waals surface area contributed by atoms with Crippen molar-refractivity contribution >= 4 is 86.7 Å². The van der Waals surface area contributed by atoms with E-state index in [1.54, 1.807) is 0 Å². The molecule has 0 aliphatic rings. The predicted octanol–water partition coefficient (Wildman–Crippen LogP) is 29.2. The van der Waals surface area contributed by atoms with Crippen molar-refractivity contribution in [1.82, 2.24) is 9.13 Å². The molecule has 0 fully saturated rings. The van der Waals surface area contributed by atoms with Crippen molar-refractivity contribution in [2.75, 3.05) is 0 Å². The first-order chi connectivity index (χ1) is 51.9. The average molecular weight is 1360 g/mol. The van der Waals surface area contributed by atoms with Crippen molar-refractivity contribution in [3.63, 3.8) is 0 Å². The molecule has 2 aromatic heterocycles. The van der Waals surface area contributed by atoms with E-state index in [0.717, 1.165) is 13.1 Å². The van der Waals surface area contributed by atoms with Crippen molar-refractivity contribution in [1.29, 1.82) is 0 Å². The van der Waals surface area contributed by atoms with Gasteiger partial charge in [-0.05, 0) is 218 Å². The molecule has 2 heterocycles. The van der Waals surface area contributed by atoms with Gasteiger partial charge in [0, 0.05) is 56.7 Å². The summed E-state index contributed by atoms with van der Waals surface area (Å²) >= 11 is 0. The predicted molar refractivity (Wildman–Crippen MR) is 457 cm³/mol. The van der Waals surface area contributed by atoms with E-state index in [1.807, 2.05) is 0 Å². The van der Waals surface area contributed by atoms with E-state index in [2.05, 4.69) is 403 Å². The molecule has 0 spiro atoms. The molecule has 0 aliphatic heterocycles. The van der Waals surface area contributed by atoms with Crippen molar-refractivity contribution < 1.29 is 0 Å². The third kappa shape index (κ3) is 11.6. The van der Waals surface area contributed by atoms with Crippen molar-refractivity contribution in [3.8, 4) is 100 Å². The standard InChI is InChI=1S/C54H41N.C50H41N/c1-4-55-51-16-10-9-11-45(51)50-34-43(29-30-52(50)55)39-23-27-42(28-24-39)54-48-14-7-5-12-46(48)53(47-13-6-8-15-49(47)54)41-25-21-38(22-26-41)37-17-19-40(20-18-37)44-32-35(2)31-36(3)33-44;1-5-51-46-17-11-10-12-40(46)45-32-38(28-31-47(45)51)35-20-18-33(19-21-35)34-22-24-36(25-23-34)48-41-13-6-8-15-43(41)49(44-16-9-7-14-42(44)48)37-26-29-39(30-27-37)50(2,3)4/h5-34H,4H2,1-3H3;6-32H,5H2,1-4H3. The summed E-state index contributed by atoms with van der Waals surface area (Å²) in [7, 11) is 0. The van der Waals surface area contributed by atoms with Crippen LogP contribution in [-0.2, 0) is 18.5 Å². The molecule has 0 radical (unpaired) electrons. The molecule has 106 heavy (non-hydrogen) atoms. The number of aromatic nitrogens is 2. The molecule has 0 amide bonds. The maximum absolute atomic E-state index is 2.41. The smallest absolute Gasteiger partial charge is 0.0491 e. The molecule has 2 nitrogen and oxygen atoms in total. The molecule has 0 N–H and O–H groups in total. The van der Waals surface area contributed by atoms with Gasteiger partial charge in [0.2, 0.25) is 0 Å². The zero-order valence-electron chi connectivity index (χ0n) is 61.2. The van der Waals surface area contributed by atoms with Crippen LogP contribution in [0, 0.1) is 13.8 Å². The van der Waals surface area contributed by atoms with Gasteiger partial charge in [0.05, 0.1) is 0 Å². The SMILES string of the molecule is CCn1c2ccccc2c2cc(-c3ccc(-c4c5ccccc5c(-c5ccc(-c6ccc(-c7cc(C)cc(C)c7)cc6)cc5)c5ccccc45)cc3)ccc21.CCn1c2ccccc2c2cc(-c3ccc(-c4ccc(-c5c6ccccc6c(-c6ccc(C(C)(C)C)cc6)c6ccccc56)cc4)cc3)ccc21. The van der Waals surface area contributed by atoms with E-state index >= 15 is 0 Å². The van der Waals surface area contributed by atoms with Crippen molar-refractivity contribution in [2.24, 2.45) is 0 Å². The minimum Gasteiger partial charge on any atom is -0.341 e. The number of para-hydroxylation sites is 2. The second kappa shape index (κ2) is 26.9. The van der Waals surface area contributed by atoms with Gasteiger partial charge < -0.3 is 9.13 Å². The highest BCUT2D eigenvalue weighted by atomic mass is 15.0.